The molecule has 2 heteroatoms. The predicted molar refractivity (Wildman–Crippen MR) is 79.1 cm³/mol. The van der Waals surface area contributed by atoms with Crippen LogP contribution in [0.1, 0.15) is 36.2 Å². The lowest BCUT2D eigenvalue weighted by Crippen LogP contribution is -2.17. The Morgan fingerprint density at radius 2 is 1.68 bits per heavy atom. The molecule has 0 saturated heterocycles. The zero-order valence-electron chi connectivity index (χ0n) is 12.3. The fourth-order valence-electron chi connectivity index (χ4n) is 2.46. The van der Waals surface area contributed by atoms with E-state index in [0.717, 1.165) is 22.5 Å². The highest BCUT2D eigenvalue weighted by molar-refractivity contribution is 5.64. The van der Waals surface area contributed by atoms with Crippen molar-refractivity contribution in [2.45, 2.75) is 40.2 Å². The second kappa shape index (κ2) is 4.78. The Bertz CT molecular complexity index is 609. The maximum absolute atomic E-state index is 10.1. The van der Waals surface area contributed by atoms with Crippen molar-refractivity contribution in [3.63, 3.8) is 0 Å². The van der Waals surface area contributed by atoms with Crippen LogP contribution in [0.15, 0.2) is 30.3 Å². The molecule has 0 aliphatic carbocycles. The first kappa shape index (κ1) is 13.8. The van der Waals surface area contributed by atoms with Crippen molar-refractivity contribution >= 4 is 0 Å². The first-order valence-electron chi connectivity index (χ1n) is 6.57. The molecule has 2 rings (SSSR count). The largest absolute Gasteiger partial charge is 0.386 e. The van der Waals surface area contributed by atoms with E-state index in [1.165, 1.54) is 11.1 Å². The lowest BCUT2D eigenvalue weighted by Gasteiger charge is -2.20. The van der Waals surface area contributed by atoms with E-state index in [-0.39, 0.29) is 0 Å². The van der Waals surface area contributed by atoms with E-state index < -0.39 is 5.60 Å². The number of hydrogen-bond donors (Lipinski definition) is 1. The minimum Gasteiger partial charge on any atom is -0.386 e. The molecule has 0 atom stereocenters. The van der Waals surface area contributed by atoms with E-state index >= 15 is 0 Å². The standard InChI is InChI=1S/C17H21NO/c1-11-6-7-14(12(2)10-11)16-9-8-15(13(3)18-16)17(4,5)19/h6-10,19H,1-5H3. The Labute approximate surface area is 115 Å². The highest BCUT2D eigenvalue weighted by Crippen LogP contribution is 2.27. The number of aromatic nitrogens is 1. The van der Waals surface area contributed by atoms with Crippen molar-refractivity contribution in [1.82, 2.24) is 4.98 Å². The van der Waals surface area contributed by atoms with Crippen molar-refractivity contribution in [2.75, 3.05) is 0 Å². The quantitative estimate of drug-likeness (QED) is 0.882. The third-order valence-corrected chi connectivity index (χ3v) is 3.40. The minimum absolute atomic E-state index is 0.849. The van der Waals surface area contributed by atoms with Crippen molar-refractivity contribution in [3.8, 4) is 11.3 Å². The molecule has 1 aromatic carbocycles. The molecule has 2 nitrogen and oxygen atoms in total. The molecule has 0 aliphatic heterocycles. The van der Waals surface area contributed by atoms with E-state index in [4.69, 9.17) is 0 Å². The van der Waals surface area contributed by atoms with Gasteiger partial charge < -0.3 is 5.11 Å². The number of pyridine rings is 1. The number of aryl methyl sites for hydroxylation is 3. The van der Waals surface area contributed by atoms with E-state index in [1.807, 2.05) is 19.1 Å². The van der Waals surface area contributed by atoms with Crippen LogP contribution in [0.25, 0.3) is 11.3 Å². The maximum atomic E-state index is 10.1. The summed E-state index contributed by atoms with van der Waals surface area (Å²) in [5.41, 5.74) is 5.50. The SMILES string of the molecule is Cc1ccc(-c2ccc(C(C)(C)O)c(C)n2)c(C)c1. The number of hydrogen-bond acceptors (Lipinski definition) is 2. The molecule has 0 aliphatic rings. The summed E-state index contributed by atoms with van der Waals surface area (Å²) in [7, 11) is 0. The molecular formula is C17H21NO. The minimum atomic E-state index is -0.849. The average Bonchev–Trinajstić information content (AvgIpc) is 2.26. The highest BCUT2D eigenvalue weighted by atomic mass is 16.3. The van der Waals surface area contributed by atoms with Crippen LogP contribution >= 0.6 is 0 Å². The molecule has 0 unspecified atom stereocenters. The lowest BCUT2D eigenvalue weighted by molar-refractivity contribution is 0.0775. The smallest absolute Gasteiger partial charge is 0.0857 e. The van der Waals surface area contributed by atoms with Crippen LogP contribution in [0.5, 0.6) is 0 Å². The topological polar surface area (TPSA) is 33.1 Å². The van der Waals surface area contributed by atoms with Crippen molar-refractivity contribution < 1.29 is 5.11 Å². The van der Waals surface area contributed by atoms with Gasteiger partial charge >= 0.3 is 0 Å². The number of aliphatic hydroxyl groups is 1. The van der Waals surface area contributed by atoms with Gasteiger partial charge in [0.1, 0.15) is 0 Å². The maximum Gasteiger partial charge on any atom is 0.0857 e. The van der Waals surface area contributed by atoms with Gasteiger partial charge in [0.2, 0.25) is 0 Å². The Balaban J connectivity index is 2.51. The number of benzene rings is 1. The Morgan fingerprint density at radius 3 is 2.21 bits per heavy atom. The third-order valence-electron chi connectivity index (χ3n) is 3.40. The van der Waals surface area contributed by atoms with Gasteiger partial charge in [0.15, 0.2) is 0 Å². The molecule has 1 N–H and O–H groups in total. The van der Waals surface area contributed by atoms with Crippen molar-refractivity contribution in [1.29, 1.82) is 0 Å². The molecule has 0 saturated carbocycles. The summed E-state index contributed by atoms with van der Waals surface area (Å²) in [6.07, 6.45) is 0. The lowest BCUT2D eigenvalue weighted by atomic mass is 9.95. The number of nitrogens with zero attached hydrogens (tertiary/aromatic N) is 1. The monoisotopic (exact) mass is 255 g/mol. The van der Waals surface area contributed by atoms with Crippen LogP contribution in [-0.4, -0.2) is 10.1 Å². The van der Waals surface area contributed by atoms with Crippen LogP contribution in [0.3, 0.4) is 0 Å². The van der Waals surface area contributed by atoms with E-state index in [1.54, 1.807) is 13.8 Å². The molecular weight excluding hydrogens is 234 g/mol. The zero-order valence-corrected chi connectivity index (χ0v) is 12.3. The fraction of sp³-hybridized carbons (Fsp3) is 0.353. The van der Waals surface area contributed by atoms with Crippen LogP contribution in [0.4, 0.5) is 0 Å². The molecule has 100 valence electrons. The van der Waals surface area contributed by atoms with Gasteiger partial charge in [0, 0.05) is 16.8 Å². The highest BCUT2D eigenvalue weighted by Gasteiger charge is 2.19. The number of rotatable bonds is 2. The molecule has 2 aromatic rings. The first-order valence-corrected chi connectivity index (χ1v) is 6.57. The van der Waals surface area contributed by atoms with Crippen molar-refractivity contribution in [2.24, 2.45) is 0 Å². The van der Waals surface area contributed by atoms with Gasteiger partial charge in [-0.3, -0.25) is 4.98 Å². The fourth-order valence-corrected chi connectivity index (χ4v) is 2.46. The summed E-state index contributed by atoms with van der Waals surface area (Å²) in [4.78, 5) is 4.64. The summed E-state index contributed by atoms with van der Waals surface area (Å²) in [6, 6.07) is 10.3. The summed E-state index contributed by atoms with van der Waals surface area (Å²) in [5, 5.41) is 10.1. The first-order chi connectivity index (χ1) is 8.79. The van der Waals surface area contributed by atoms with Gasteiger partial charge in [-0.25, -0.2) is 0 Å². The second-order valence-electron chi connectivity index (χ2n) is 5.71. The van der Waals surface area contributed by atoms with E-state index in [9.17, 15) is 5.11 Å². The summed E-state index contributed by atoms with van der Waals surface area (Å²) in [6.45, 7) is 9.71. The van der Waals surface area contributed by atoms with E-state index in [2.05, 4.69) is 37.0 Å². The van der Waals surface area contributed by atoms with Gasteiger partial charge in [-0.15, -0.1) is 0 Å². The Morgan fingerprint density at radius 1 is 1.00 bits per heavy atom. The molecule has 1 heterocycles. The van der Waals surface area contributed by atoms with Crippen LogP contribution in [0.2, 0.25) is 0 Å². The molecule has 0 bridgehead atoms. The molecule has 0 amide bonds. The van der Waals surface area contributed by atoms with Gasteiger partial charge in [-0.1, -0.05) is 29.8 Å². The van der Waals surface area contributed by atoms with Crippen LogP contribution in [0, 0.1) is 20.8 Å². The molecule has 0 radical (unpaired) electrons. The zero-order chi connectivity index (χ0) is 14.2. The van der Waals surface area contributed by atoms with E-state index in [0.29, 0.717) is 0 Å². The van der Waals surface area contributed by atoms with Gasteiger partial charge in [-0.05, 0) is 46.2 Å². The second-order valence-corrected chi connectivity index (χ2v) is 5.71. The van der Waals surface area contributed by atoms with Crippen LogP contribution in [-0.2, 0) is 5.60 Å². The molecule has 1 aromatic heterocycles. The van der Waals surface area contributed by atoms with Gasteiger partial charge in [0.25, 0.3) is 0 Å². The summed E-state index contributed by atoms with van der Waals surface area (Å²) < 4.78 is 0. The average molecular weight is 255 g/mol. The Hall–Kier alpha value is -1.67. The summed E-state index contributed by atoms with van der Waals surface area (Å²) >= 11 is 0. The molecule has 0 fully saturated rings. The molecule has 19 heavy (non-hydrogen) atoms. The molecule has 0 spiro atoms. The third kappa shape index (κ3) is 2.85. The normalized spacial score (nSPS) is 11.7. The Kier molecular flexibility index (Phi) is 3.46. The summed E-state index contributed by atoms with van der Waals surface area (Å²) in [5.74, 6) is 0. The van der Waals surface area contributed by atoms with Crippen molar-refractivity contribution in [3.05, 3.63) is 52.7 Å². The predicted octanol–water partition coefficient (Wildman–Crippen LogP) is 3.90. The van der Waals surface area contributed by atoms with Crippen LogP contribution < -0.4 is 0 Å². The van der Waals surface area contributed by atoms with Gasteiger partial charge in [-0.2, -0.15) is 0 Å². The van der Waals surface area contributed by atoms with Gasteiger partial charge in [0.05, 0.1) is 11.3 Å².